The zero-order valence-corrected chi connectivity index (χ0v) is 16.4. The highest BCUT2D eigenvalue weighted by Crippen LogP contribution is 2.25. The maximum atomic E-state index is 12.9. The third-order valence-corrected chi connectivity index (χ3v) is 5.24. The molecule has 0 aromatic heterocycles. The average molecular weight is 375 g/mol. The van der Waals surface area contributed by atoms with Crippen LogP contribution in [-0.2, 0) is 20.2 Å². The lowest BCUT2D eigenvalue weighted by Gasteiger charge is -2.19. The third-order valence-electron chi connectivity index (χ3n) is 4.01. The number of carbonyl (C=O) groups is 1. The highest BCUT2D eigenvalue weighted by molar-refractivity contribution is 7.92. The first-order valence-corrected chi connectivity index (χ1v) is 10.0. The molecule has 0 aliphatic carbocycles. The van der Waals surface area contributed by atoms with Crippen LogP contribution in [0, 0.1) is 0 Å². The number of anilines is 1. The molecule has 26 heavy (non-hydrogen) atoms. The Hall–Kier alpha value is -2.18. The van der Waals surface area contributed by atoms with Gasteiger partial charge in [0.25, 0.3) is 0 Å². The molecule has 2 aromatic carbocycles. The Morgan fingerprint density at radius 3 is 2.23 bits per heavy atom. The number of ketones is 1. The van der Waals surface area contributed by atoms with E-state index in [2.05, 4.69) is 25.5 Å². The standard InChI is InChI=1S/C20H25NO4S/c1-20(2,3)16-11-9-15(10-12-16)19(22)17-7-5-6-8-18(17)21-26(23,24)14-13-25-4/h5-12,21H,13-14H2,1-4H3. The molecular formula is C20H25NO4S. The quantitative estimate of drug-likeness (QED) is 0.751. The predicted octanol–water partition coefficient (Wildman–Crippen LogP) is 3.60. The molecule has 5 nitrogen and oxygen atoms in total. The number of hydrogen-bond acceptors (Lipinski definition) is 4. The zero-order valence-electron chi connectivity index (χ0n) is 15.6. The van der Waals surface area contributed by atoms with Gasteiger partial charge < -0.3 is 4.74 Å². The Morgan fingerprint density at radius 2 is 1.65 bits per heavy atom. The number of rotatable bonds is 7. The monoisotopic (exact) mass is 375 g/mol. The van der Waals surface area contributed by atoms with E-state index in [0.717, 1.165) is 5.56 Å². The van der Waals surface area contributed by atoms with E-state index in [-0.39, 0.29) is 29.2 Å². The molecule has 140 valence electrons. The summed E-state index contributed by atoms with van der Waals surface area (Å²) in [5.74, 6) is -0.401. The fraction of sp³-hybridized carbons (Fsp3) is 0.350. The minimum Gasteiger partial charge on any atom is -0.384 e. The van der Waals surface area contributed by atoms with E-state index in [9.17, 15) is 13.2 Å². The lowest BCUT2D eigenvalue weighted by Crippen LogP contribution is -2.21. The van der Waals surface area contributed by atoms with Crippen LogP contribution in [0.1, 0.15) is 42.3 Å². The van der Waals surface area contributed by atoms with Crippen molar-refractivity contribution in [2.75, 3.05) is 24.2 Å². The van der Waals surface area contributed by atoms with Gasteiger partial charge in [-0.05, 0) is 23.1 Å². The van der Waals surface area contributed by atoms with Crippen molar-refractivity contribution >= 4 is 21.5 Å². The molecule has 0 aliphatic heterocycles. The fourth-order valence-corrected chi connectivity index (χ4v) is 3.46. The molecule has 0 bridgehead atoms. The van der Waals surface area contributed by atoms with Gasteiger partial charge in [0, 0.05) is 18.2 Å². The van der Waals surface area contributed by atoms with Gasteiger partial charge in [-0.15, -0.1) is 0 Å². The van der Waals surface area contributed by atoms with Crippen LogP contribution in [0.25, 0.3) is 0 Å². The molecule has 0 fully saturated rings. The number of sulfonamides is 1. The first kappa shape index (κ1) is 20.1. The molecule has 0 heterocycles. The molecule has 0 amide bonds. The first-order chi connectivity index (χ1) is 12.1. The van der Waals surface area contributed by atoms with Crippen LogP contribution in [0.2, 0.25) is 0 Å². The Kier molecular flexibility index (Phi) is 6.21. The molecule has 2 aromatic rings. The second kappa shape index (κ2) is 8.01. The van der Waals surface area contributed by atoms with E-state index in [1.54, 1.807) is 36.4 Å². The minimum atomic E-state index is -3.59. The van der Waals surface area contributed by atoms with Crippen LogP contribution in [0.4, 0.5) is 5.69 Å². The van der Waals surface area contributed by atoms with Crippen LogP contribution in [0.3, 0.4) is 0 Å². The Balaban J connectivity index is 2.30. The summed E-state index contributed by atoms with van der Waals surface area (Å²) in [4.78, 5) is 12.9. The molecule has 0 saturated carbocycles. The van der Waals surface area contributed by atoms with Crippen LogP contribution >= 0.6 is 0 Å². The van der Waals surface area contributed by atoms with E-state index in [1.165, 1.54) is 7.11 Å². The maximum Gasteiger partial charge on any atom is 0.235 e. The third kappa shape index (κ3) is 5.16. The summed E-state index contributed by atoms with van der Waals surface area (Å²) in [6, 6.07) is 14.0. The minimum absolute atomic E-state index is 0.00350. The summed E-state index contributed by atoms with van der Waals surface area (Å²) in [6.07, 6.45) is 0. The molecule has 0 unspecified atom stereocenters. The molecule has 0 saturated heterocycles. The van der Waals surface area contributed by atoms with Gasteiger partial charge >= 0.3 is 0 Å². The first-order valence-electron chi connectivity index (χ1n) is 8.38. The Morgan fingerprint density at radius 1 is 1.04 bits per heavy atom. The highest BCUT2D eigenvalue weighted by Gasteiger charge is 2.19. The van der Waals surface area contributed by atoms with E-state index in [0.29, 0.717) is 11.1 Å². The molecule has 0 radical (unpaired) electrons. The maximum absolute atomic E-state index is 12.9. The molecule has 0 spiro atoms. The summed E-state index contributed by atoms with van der Waals surface area (Å²) in [5.41, 5.74) is 2.23. The lowest BCUT2D eigenvalue weighted by molar-refractivity contribution is 0.103. The summed E-state index contributed by atoms with van der Waals surface area (Å²) >= 11 is 0. The van der Waals surface area contributed by atoms with Gasteiger partial charge in [-0.1, -0.05) is 57.2 Å². The Labute approximate surface area is 155 Å². The number of hydrogen-bond donors (Lipinski definition) is 1. The highest BCUT2D eigenvalue weighted by atomic mass is 32.2. The van der Waals surface area contributed by atoms with Crippen LogP contribution in [0.5, 0.6) is 0 Å². The predicted molar refractivity (Wildman–Crippen MR) is 104 cm³/mol. The second-order valence-corrected chi connectivity index (χ2v) is 8.96. The second-order valence-electron chi connectivity index (χ2n) is 7.12. The normalized spacial score (nSPS) is 12.0. The SMILES string of the molecule is COCCS(=O)(=O)Nc1ccccc1C(=O)c1ccc(C(C)(C)C)cc1. The van der Waals surface area contributed by atoms with Crippen molar-refractivity contribution in [2.24, 2.45) is 0 Å². The van der Waals surface area contributed by atoms with Gasteiger partial charge in [-0.25, -0.2) is 8.42 Å². The number of nitrogens with one attached hydrogen (secondary N) is 1. The van der Waals surface area contributed by atoms with Crippen molar-refractivity contribution in [3.05, 3.63) is 65.2 Å². The van der Waals surface area contributed by atoms with E-state index >= 15 is 0 Å². The van der Waals surface area contributed by atoms with E-state index in [1.807, 2.05) is 12.1 Å². The number of para-hydroxylation sites is 1. The number of benzene rings is 2. The molecule has 2 rings (SSSR count). The van der Waals surface area contributed by atoms with E-state index < -0.39 is 10.0 Å². The smallest absolute Gasteiger partial charge is 0.235 e. The molecule has 1 N–H and O–H groups in total. The fourth-order valence-electron chi connectivity index (χ4n) is 2.46. The summed E-state index contributed by atoms with van der Waals surface area (Å²) in [7, 11) is -2.15. The van der Waals surface area contributed by atoms with Gasteiger partial charge in [-0.2, -0.15) is 0 Å². The largest absolute Gasteiger partial charge is 0.384 e. The van der Waals surface area contributed by atoms with Crippen molar-refractivity contribution in [1.29, 1.82) is 0 Å². The number of methoxy groups -OCH3 is 1. The van der Waals surface area contributed by atoms with Gasteiger partial charge in [0.05, 0.1) is 18.0 Å². The van der Waals surface area contributed by atoms with Gasteiger partial charge in [-0.3, -0.25) is 9.52 Å². The molecule has 0 atom stereocenters. The number of carbonyl (C=O) groups excluding carboxylic acids is 1. The van der Waals surface area contributed by atoms with Crippen LogP contribution in [-0.4, -0.2) is 33.7 Å². The average Bonchev–Trinajstić information content (AvgIpc) is 2.59. The molecule has 6 heteroatoms. The van der Waals surface area contributed by atoms with Gasteiger partial charge in [0.15, 0.2) is 5.78 Å². The topological polar surface area (TPSA) is 72.5 Å². The van der Waals surface area contributed by atoms with Crippen molar-refractivity contribution in [2.45, 2.75) is 26.2 Å². The van der Waals surface area contributed by atoms with Crippen LogP contribution in [0.15, 0.2) is 48.5 Å². The summed E-state index contributed by atoms with van der Waals surface area (Å²) in [5, 5.41) is 0. The van der Waals surface area contributed by atoms with Crippen LogP contribution < -0.4 is 4.72 Å². The van der Waals surface area contributed by atoms with Crippen molar-refractivity contribution in [3.8, 4) is 0 Å². The summed E-state index contributed by atoms with van der Waals surface area (Å²) < 4.78 is 31.5. The molecule has 0 aliphatic rings. The van der Waals surface area contributed by atoms with E-state index in [4.69, 9.17) is 4.74 Å². The van der Waals surface area contributed by atoms with Gasteiger partial charge in [0.2, 0.25) is 10.0 Å². The van der Waals surface area contributed by atoms with Crippen molar-refractivity contribution in [3.63, 3.8) is 0 Å². The van der Waals surface area contributed by atoms with Gasteiger partial charge in [0.1, 0.15) is 0 Å². The Bertz CT molecular complexity index is 865. The zero-order chi connectivity index (χ0) is 19.4. The molecular weight excluding hydrogens is 350 g/mol. The van der Waals surface area contributed by atoms with Crippen molar-refractivity contribution in [1.82, 2.24) is 0 Å². The lowest BCUT2D eigenvalue weighted by atomic mass is 9.86. The number of ether oxygens (including phenoxy) is 1. The summed E-state index contributed by atoms with van der Waals surface area (Å²) in [6.45, 7) is 6.40. The van der Waals surface area contributed by atoms with Crippen molar-refractivity contribution < 1.29 is 17.9 Å².